The maximum absolute atomic E-state index is 9.83. The second-order valence-corrected chi connectivity index (χ2v) is 6.42. The maximum Gasteiger partial charge on any atom is 0.131 e. The summed E-state index contributed by atoms with van der Waals surface area (Å²) >= 11 is 0. The molecule has 1 aromatic rings. The van der Waals surface area contributed by atoms with Gasteiger partial charge in [-0.1, -0.05) is 6.92 Å². The molecule has 110 valence electrons. The fourth-order valence-electron chi connectivity index (χ4n) is 2.93. The van der Waals surface area contributed by atoms with Crippen LogP contribution < -0.4 is 10.2 Å². The number of anilines is 1. The summed E-state index contributed by atoms with van der Waals surface area (Å²) in [5.41, 5.74) is 2.51. The average molecular weight is 275 g/mol. The molecule has 2 heterocycles. The summed E-state index contributed by atoms with van der Waals surface area (Å²) in [4.78, 5) is 6.97. The van der Waals surface area contributed by atoms with Crippen LogP contribution in [0.15, 0.2) is 12.3 Å². The van der Waals surface area contributed by atoms with Crippen LogP contribution in [0.2, 0.25) is 0 Å². The number of aliphatic hydroxyl groups is 1. The third-order valence-electron chi connectivity index (χ3n) is 4.44. The van der Waals surface area contributed by atoms with E-state index in [0.29, 0.717) is 5.92 Å². The number of pyridine rings is 1. The van der Waals surface area contributed by atoms with Gasteiger partial charge in [-0.25, -0.2) is 4.98 Å². The first kappa shape index (κ1) is 13.8. The lowest BCUT2D eigenvalue weighted by Crippen LogP contribution is -2.42. The van der Waals surface area contributed by atoms with Crippen molar-refractivity contribution in [3.63, 3.8) is 0 Å². The molecule has 20 heavy (non-hydrogen) atoms. The second kappa shape index (κ2) is 5.70. The molecule has 1 aromatic heterocycles. The highest BCUT2D eigenvalue weighted by Gasteiger charge is 2.26. The fraction of sp³-hybridized carbons (Fsp3) is 0.688. The molecule has 2 atom stereocenters. The third-order valence-corrected chi connectivity index (χ3v) is 4.44. The van der Waals surface area contributed by atoms with Gasteiger partial charge in [-0.2, -0.15) is 0 Å². The van der Waals surface area contributed by atoms with E-state index in [-0.39, 0.29) is 6.10 Å². The Balaban J connectivity index is 1.66. The van der Waals surface area contributed by atoms with Gasteiger partial charge in [-0.05, 0) is 49.3 Å². The van der Waals surface area contributed by atoms with Gasteiger partial charge in [-0.15, -0.1) is 0 Å². The van der Waals surface area contributed by atoms with Crippen LogP contribution in [-0.4, -0.2) is 35.3 Å². The minimum Gasteiger partial charge on any atom is -0.393 e. The molecule has 1 aliphatic heterocycles. The molecule has 1 saturated heterocycles. The minimum absolute atomic E-state index is 0.159. The zero-order valence-corrected chi connectivity index (χ0v) is 12.5. The Morgan fingerprint density at radius 3 is 2.85 bits per heavy atom. The molecule has 0 spiro atoms. The summed E-state index contributed by atoms with van der Waals surface area (Å²) in [5, 5.41) is 13.4. The largest absolute Gasteiger partial charge is 0.393 e. The number of rotatable bonds is 4. The normalized spacial score (nSPS) is 26.9. The van der Waals surface area contributed by atoms with Crippen LogP contribution >= 0.6 is 0 Å². The second-order valence-electron chi connectivity index (χ2n) is 6.42. The molecule has 2 aliphatic rings. The van der Waals surface area contributed by atoms with Gasteiger partial charge in [0.1, 0.15) is 5.82 Å². The lowest BCUT2D eigenvalue weighted by molar-refractivity contribution is 0.0968. The van der Waals surface area contributed by atoms with E-state index < -0.39 is 0 Å². The number of aliphatic hydroxyl groups excluding tert-OH is 1. The number of piperidine rings is 1. The number of aromatic nitrogens is 1. The maximum atomic E-state index is 9.83. The lowest BCUT2D eigenvalue weighted by atomic mass is 9.96. The van der Waals surface area contributed by atoms with Crippen molar-refractivity contribution in [1.29, 1.82) is 0 Å². The van der Waals surface area contributed by atoms with Gasteiger partial charge in [0.25, 0.3) is 0 Å². The average Bonchev–Trinajstić information content (AvgIpc) is 3.24. The van der Waals surface area contributed by atoms with E-state index in [1.54, 1.807) is 0 Å². The predicted octanol–water partition coefficient (Wildman–Crippen LogP) is 1.85. The van der Waals surface area contributed by atoms with Gasteiger partial charge in [0, 0.05) is 31.9 Å². The van der Waals surface area contributed by atoms with Crippen molar-refractivity contribution in [3.05, 3.63) is 23.4 Å². The molecule has 0 amide bonds. The van der Waals surface area contributed by atoms with Crippen LogP contribution in [0.4, 0.5) is 5.82 Å². The first-order valence-electron chi connectivity index (χ1n) is 7.75. The van der Waals surface area contributed by atoms with Gasteiger partial charge in [-0.3, -0.25) is 0 Å². The van der Waals surface area contributed by atoms with Crippen molar-refractivity contribution in [2.45, 2.75) is 51.8 Å². The van der Waals surface area contributed by atoms with Gasteiger partial charge in [0.05, 0.1) is 6.10 Å². The molecule has 4 nitrogen and oxygen atoms in total. The molecule has 0 bridgehead atoms. The Morgan fingerprint density at radius 2 is 2.20 bits per heavy atom. The van der Waals surface area contributed by atoms with E-state index in [0.717, 1.165) is 37.9 Å². The summed E-state index contributed by atoms with van der Waals surface area (Å²) < 4.78 is 0. The highest BCUT2D eigenvalue weighted by Crippen LogP contribution is 2.25. The van der Waals surface area contributed by atoms with Crippen LogP contribution in [0, 0.1) is 12.8 Å². The Labute approximate surface area is 121 Å². The molecule has 1 aliphatic carbocycles. The Kier molecular flexibility index (Phi) is 3.94. The highest BCUT2D eigenvalue weighted by molar-refractivity contribution is 5.48. The van der Waals surface area contributed by atoms with E-state index in [9.17, 15) is 5.11 Å². The number of aryl methyl sites for hydroxylation is 1. The molecule has 2 fully saturated rings. The van der Waals surface area contributed by atoms with E-state index >= 15 is 0 Å². The van der Waals surface area contributed by atoms with Gasteiger partial charge in [0.2, 0.25) is 0 Å². The van der Waals surface area contributed by atoms with Crippen LogP contribution in [0.3, 0.4) is 0 Å². The summed E-state index contributed by atoms with van der Waals surface area (Å²) in [6.07, 6.45) is 5.31. The fourth-order valence-corrected chi connectivity index (χ4v) is 2.93. The van der Waals surface area contributed by atoms with Crippen molar-refractivity contribution >= 4 is 5.82 Å². The zero-order chi connectivity index (χ0) is 14.1. The topological polar surface area (TPSA) is 48.4 Å². The lowest BCUT2D eigenvalue weighted by Gasteiger charge is -2.35. The summed E-state index contributed by atoms with van der Waals surface area (Å²) in [6.45, 7) is 6.97. The number of hydrogen-bond acceptors (Lipinski definition) is 4. The molecular weight excluding hydrogens is 250 g/mol. The Morgan fingerprint density at radius 1 is 1.40 bits per heavy atom. The van der Waals surface area contributed by atoms with E-state index in [4.69, 9.17) is 0 Å². The summed E-state index contributed by atoms with van der Waals surface area (Å²) in [6, 6.07) is 2.98. The monoisotopic (exact) mass is 275 g/mol. The van der Waals surface area contributed by atoms with Gasteiger partial charge < -0.3 is 15.3 Å². The van der Waals surface area contributed by atoms with Crippen LogP contribution in [0.25, 0.3) is 0 Å². The Hall–Kier alpha value is -1.13. The zero-order valence-electron chi connectivity index (χ0n) is 12.5. The highest BCUT2D eigenvalue weighted by atomic mass is 16.3. The van der Waals surface area contributed by atoms with Crippen molar-refractivity contribution in [3.8, 4) is 0 Å². The molecule has 2 N–H and O–H groups in total. The summed E-state index contributed by atoms with van der Waals surface area (Å²) in [7, 11) is 0. The number of nitrogens with zero attached hydrogens (tertiary/aromatic N) is 2. The molecule has 2 unspecified atom stereocenters. The molecule has 0 radical (unpaired) electrons. The molecule has 4 heteroatoms. The molecule has 0 aromatic carbocycles. The van der Waals surface area contributed by atoms with Crippen LogP contribution in [-0.2, 0) is 6.54 Å². The molecule has 3 rings (SSSR count). The number of nitrogens with one attached hydrogen (secondary N) is 1. The van der Waals surface area contributed by atoms with Gasteiger partial charge >= 0.3 is 0 Å². The minimum atomic E-state index is -0.159. The quantitative estimate of drug-likeness (QED) is 0.880. The van der Waals surface area contributed by atoms with Crippen LogP contribution in [0.1, 0.15) is 37.3 Å². The van der Waals surface area contributed by atoms with Crippen molar-refractivity contribution < 1.29 is 5.11 Å². The van der Waals surface area contributed by atoms with Crippen molar-refractivity contribution in [2.75, 3.05) is 18.0 Å². The first-order valence-corrected chi connectivity index (χ1v) is 7.75. The predicted molar refractivity (Wildman–Crippen MR) is 80.8 cm³/mol. The smallest absolute Gasteiger partial charge is 0.131 e. The van der Waals surface area contributed by atoms with Crippen molar-refractivity contribution in [2.24, 2.45) is 5.92 Å². The Bertz CT molecular complexity index is 473. The van der Waals surface area contributed by atoms with Crippen LogP contribution in [0.5, 0.6) is 0 Å². The third kappa shape index (κ3) is 3.13. The summed E-state index contributed by atoms with van der Waals surface area (Å²) in [5.74, 6) is 1.40. The van der Waals surface area contributed by atoms with Crippen molar-refractivity contribution in [1.82, 2.24) is 10.3 Å². The van der Waals surface area contributed by atoms with E-state index in [1.165, 1.54) is 24.0 Å². The molecular formula is C16H25N3O. The first-order chi connectivity index (χ1) is 9.63. The standard InChI is InChI=1S/C16H25N3O/c1-11-7-13(8-17-14-3-4-14)9-18-16(11)19-6-5-15(20)12(2)10-19/h7,9,12,14-15,17,20H,3-6,8,10H2,1-2H3. The number of hydrogen-bond donors (Lipinski definition) is 2. The van der Waals surface area contributed by atoms with Gasteiger partial charge in [0.15, 0.2) is 0 Å². The van der Waals surface area contributed by atoms with E-state index in [2.05, 4.69) is 35.1 Å². The molecule has 1 saturated carbocycles. The van der Waals surface area contributed by atoms with E-state index in [1.807, 2.05) is 6.20 Å². The SMILES string of the molecule is Cc1cc(CNC2CC2)cnc1N1CCC(O)C(C)C1.